The minimum Gasteiger partial charge on any atom is -0.467 e. The molecule has 1 aliphatic heterocycles. The Hall–Kier alpha value is -3.59. The van der Waals surface area contributed by atoms with Crippen LogP contribution in [0.15, 0.2) is 80.1 Å². The molecule has 0 N–H and O–H groups in total. The van der Waals surface area contributed by atoms with Crippen LogP contribution in [-0.4, -0.2) is 37.1 Å². The van der Waals surface area contributed by atoms with E-state index in [4.69, 9.17) is 13.9 Å². The first-order chi connectivity index (χ1) is 16.1. The second-order valence-electron chi connectivity index (χ2n) is 7.70. The largest absolute Gasteiger partial charge is 0.467 e. The Morgan fingerprint density at radius 2 is 1.88 bits per heavy atom. The van der Waals surface area contributed by atoms with Gasteiger partial charge in [-0.05, 0) is 43.7 Å². The number of nitrogens with zero attached hydrogens (tertiary/aromatic N) is 5. The van der Waals surface area contributed by atoms with E-state index in [1.807, 2.05) is 66.9 Å². The molecule has 0 aliphatic carbocycles. The number of furan rings is 2. The maximum Gasteiger partial charge on any atom is 0.253 e. The number of aromatic nitrogens is 3. The summed E-state index contributed by atoms with van der Waals surface area (Å²) in [4.78, 5) is 13.3. The average Bonchev–Trinajstić information content (AvgIpc) is 3.62. The summed E-state index contributed by atoms with van der Waals surface area (Å²) in [6.07, 6.45) is 3.82. The zero-order valence-electron chi connectivity index (χ0n) is 18.3. The molecular weight excluding hydrogens is 438 g/mol. The number of hydrogen-bond donors (Lipinski definition) is 0. The van der Waals surface area contributed by atoms with Gasteiger partial charge in [-0.2, -0.15) is 5.10 Å². The van der Waals surface area contributed by atoms with Gasteiger partial charge in [-0.25, -0.2) is 5.01 Å². The maximum atomic E-state index is 13.3. The van der Waals surface area contributed by atoms with Crippen LogP contribution >= 0.6 is 11.8 Å². The lowest BCUT2D eigenvalue weighted by Gasteiger charge is -2.19. The number of hydrogen-bond acceptors (Lipinski definition) is 7. The Kier molecular flexibility index (Phi) is 5.87. The number of thioether (sulfide) groups is 1. The van der Waals surface area contributed by atoms with E-state index < -0.39 is 0 Å². The third-order valence-electron chi connectivity index (χ3n) is 5.52. The van der Waals surface area contributed by atoms with Crippen LogP contribution in [0.25, 0.3) is 11.6 Å². The highest BCUT2D eigenvalue weighted by molar-refractivity contribution is 7.99. The van der Waals surface area contributed by atoms with Crippen LogP contribution in [0, 0.1) is 6.92 Å². The number of carbonyl (C=O) groups is 1. The normalized spacial score (nSPS) is 15.8. The first-order valence-corrected chi connectivity index (χ1v) is 11.7. The molecule has 0 radical (unpaired) electrons. The lowest BCUT2D eigenvalue weighted by Crippen LogP contribution is -2.28. The molecule has 8 nitrogen and oxygen atoms in total. The fourth-order valence-electron chi connectivity index (χ4n) is 3.82. The van der Waals surface area contributed by atoms with Gasteiger partial charge in [-0.3, -0.25) is 9.36 Å². The molecule has 0 saturated carbocycles. The lowest BCUT2D eigenvalue weighted by molar-refractivity contribution is -0.130. The molecule has 1 amide bonds. The summed E-state index contributed by atoms with van der Waals surface area (Å²) in [5.41, 5.74) is 3.05. The summed E-state index contributed by atoms with van der Waals surface area (Å²) in [6, 6.07) is 15.3. The minimum atomic E-state index is -0.271. The summed E-state index contributed by atoms with van der Waals surface area (Å²) in [5.74, 6) is 2.07. The molecule has 0 spiro atoms. The highest BCUT2D eigenvalue weighted by atomic mass is 32.2. The third kappa shape index (κ3) is 4.23. The van der Waals surface area contributed by atoms with Crippen LogP contribution in [0.4, 0.5) is 0 Å². The van der Waals surface area contributed by atoms with E-state index >= 15 is 0 Å². The van der Waals surface area contributed by atoms with Crippen molar-refractivity contribution in [2.24, 2.45) is 5.10 Å². The van der Waals surface area contributed by atoms with Gasteiger partial charge < -0.3 is 8.83 Å². The van der Waals surface area contributed by atoms with E-state index in [1.165, 1.54) is 17.3 Å². The second-order valence-corrected chi connectivity index (χ2v) is 8.65. The van der Waals surface area contributed by atoms with Crippen molar-refractivity contribution < 1.29 is 13.6 Å². The fourth-order valence-corrected chi connectivity index (χ4v) is 4.68. The van der Waals surface area contributed by atoms with Gasteiger partial charge in [0.05, 0.1) is 24.0 Å². The van der Waals surface area contributed by atoms with E-state index in [0.717, 1.165) is 17.0 Å². The summed E-state index contributed by atoms with van der Waals surface area (Å²) in [7, 11) is 0. The van der Waals surface area contributed by atoms with Crippen molar-refractivity contribution in [3.8, 4) is 11.6 Å². The maximum absolute atomic E-state index is 13.3. The average molecular weight is 462 g/mol. The van der Waals surface area contributed by atoms with Crippen LogP contribution < -0.4 is 0 Å². The van der Waals surface area contributed by atoms with Gasteiger partial charge in [0.1, 0.15) is 11.8 Å². The Labute approximate surface area is 195 Å². The number of benzene rings is 1. The molecule has 3 aromatic heterocycles. The smallest absolute Gasteiger partial charge is 0.253 e. The van der Waals surface area contributed by atoms with Crippen LogP contribution in [0.3, 0.4) is 0 Å². The molecule has 0 saturated heterocycles. The number of hydrazone groups is 1. The number of rotatable bonds is 7. The monoisotopic (exact) mass is 461 g/mol. The van der Waals surface area contributed by atoms with E-state index in [-0.39, 0.29) is 17.7 Å². The molecule has 33 heavy (non-hydrogen) atoms. The third-order valence-corrected chi connectivity index (χ3v) is 6.47. The molecule has 1 aliphatic rings. The van der Waals surface area contributed by atoms with Crippen molar-refractivity contribution in [3.05, 3.63) is 77.9 Å². The van der Waals surface area contributed by atoms with Crippen molar-refractivity contribution in [2.75, 3.05) is 5.75 Å². The zero-order chi connectivity index (χ0) is 22.8. The van der Waals surface area contributed by atoms with E-state index in [9.17, 15) is 4.79 Å². The van der Waals surface area contributed by atoms with Gasteiger partial charge in [0.25, 0.3) is 5.91 Å². The predicted octanol–water partition coefficient (Wildman–Crippen LogP) is 4.93. The Balaban J connectivity index is 1.36. The molecule has 5 rings (SSSR count). The summed E-state index contributed by atoms with van der Waals surface area (Å²) in [5, 5.41) is 15.4. The molecule has 0 bridgehead atoms. The Morgan fingerprint density at radius 1 is 1.09 bits per heavy atom. The Morgan fingerprint density at radius 3 is 2.58 bits per heavy atom. The second kappa shape index (κ2) is 9.11. The van der Waals surface area contributed by atoms with Crippen LogP contribution in [0.5, 0.6) is 0 Å². The van der Waals surface area contributed by atoms with Crippen molar-refractivity contribution in [1.82, 2.24) is 19.8 Å². The number of amides is 1. The molecule has 4 heterocycles. The van der Waals surface area contributed by atoms with Crippen LogP contribution in [-0.2, 0) is 11.3 Å². The van der Waals surface area contributed by atoms with Crippen LogP contribution in [0.1, 0.15) is 36.3 Å². The van der Waals surface area contributed by atoms with Gasteiger partial charge in [-0.15, -0.1) is 10.2 Å². The standard InChI is InChI=1S/C24H23N5O3S/c1-3-28-23(21-7-5-13-32-21)25-26-24(28)33-15-22(30)29-19(20-6-4-12-31-20)14-18(27-29)17-10-8-16(2)9-11-17/h4-13,19H,3,14-15H2,1-2H3. The first kappa shape index (κ1) is 21.3. The summed E-state index contributed by atoms with van der Waals surface area (Å²) in [6.45, 7) is 4.71. The van der Waals surface area contributed by atoms with Gasteiger partial charge in [0.15, 0.2) is 16.7 Å². The molecule has 1 unspecified atom stereocenters. The molecule has 1 aromatic carbocycles. The molecule has 4 aromatic rings. The van der Waals surface area contributed by atoms with Crippen molar-refractivity contribution >= 4 is 23.4 Å². The molecule has 168 valence electrons. The highest BCUT2D eigenvalue weighted by Gasteiger charge is 2.35. The SMILES string of the molecule is CCn1c(SCC(=O)N2N=C(c3ccc(C)cc3)CC2c2ccco2)nnc1-c1ccco1. The quantitative estimate of drug-likeness (QED) is 0.363. The zero-order valence-corrected chi connectivity index (χ0v) is 19.2. The van der Waals surface area contributed by atoms with Crippen molar-refractivity contribution in [2.45, 2.75) is 38.0 Å². The molecule has 9 heteroatoms. The van der Waals surface area contributed by atoms with Gasteiger partial charge >= 0.3 is 0 Å². The van der Waals surface area contributed by atoms with E-state index in [2.05, 4.69) is 10.2 Å². The topological polar surface area (TPSA) is 89.7 Å². The molecule has 0 fully saturated rings. The summed E-state index contributed by atoms with van der Waals surface area (Å²) < 4.78 is 13.0. The van der Waals surface area contributed by atoms with Gasteiger partial charge in [0, 0.05) is 13.0 Å². The van der Waals surface area contributed by atoms with Crippen molar-refractivity contribution in [3.63, 3.8) is 0 Å². The number of carbonyl (C=O) groups excluding carboxylic acids is 1. The fraction of sp³-hybridized carbons (Fsp3) is 0.250. The van der Waals surface area contributed by atoms with Crippen molar-refractivity contribution in [1.29, 1.82) is 0 Å². The molecular formula is C24H23N5O3S. The first-order valence-electron chi connectivity index (χ1n) is 10.7. The van der Waals surface area contributed by atoms with E-state index in [0.29, 0.717) is 29.7 Å². The lowest BCUT2D eigenvalue weighted by atomic mass is 10.0. The van der Waals surface area contributed by atoms with Gasteiger partial charge in [0.2, 0.25) is 0 Å². The predicted molar refractivity (Wildman–Crippen MR) is 125 cm³/mol. The summed E-state index contributed by atoms with van der Waals surface area (Å²) >= 11 is 1.34. The number of aryl methyl sites for hydroxylation is 1. The Bertz CT molecular complexity index is 1260. The highest BCUT2D eigenvalue weighted by Crippen LogP contribution is 2.34. The minimum absolute atomic E-state index is 0.117. The van der Waals surface area contributed by atoms with Crippen LogP contribution in [0.2, 0.25) is 0 Å². The van der Waals surface area contributed by atoms with Gasteiger partial charge in [-0.1, -0.05) is 41.6 Å². The van der Waals surface area contributed by atoms with E-state index in [1.54, 1.807) is 17.5 Å². The molecule has 1 atom stereocenters.